The highest BCUT2D eigenvalue weighted by Gasteiger charge is 2.12. The summed E-state index contributed by atoms with van der Waals surface area (Å²) in [6.45, 7) is 5.95. The molecule has 5 heteroatoms. The van der Waals surface area contributed by atoms with Crippen molar-refractivity contribution in [3.05, 3.63) is 94.0 Å². The Balaban J connectivity index is 1.72. The normalized spacial score (nSPS) is 10.1. The van der Waals surface area contributed by atoms with E-state index in [1.807, 2.05) is 39.0 Å². The van der Waals surface area contributed by atoms with Crippen molar-refractivity contribution in [1.82, 2.24) is 0 Å². The Labute approximate surface area is 170 Å². The van der Waals surface area contributed by atoms with Gasteiger partial charge in [0.25, 0.3) is 11.8 Å². The molecular formula is C24H21N3O2. The van der Waals surface area contributed by atoms with E-state index in [-0.39, 0.29) is 11.8 Å². The molecule has 0 aliphatic heterocycles. The summed E-state index contributed by atoms with van der Waals surface area (Å²) < 4.78 is 0. The van der Waals surface area contributed by atoms with E-state index in [0.717, 1.165) is 22.4 Å². The molecule has 29 heavy (non-hydrogen) atoms. The number of rotatable bonds is 4. The van der Waals surface area contributed by atoms with Crippen LogP contribution in [0.15, 0.2) is 60.7 Å². The molecular weight excluding hydrogens is 362 g/mol. The number of amides is 2. The van der Waals surface area contributed by atoms with Crippen LogP contribution in [0.5, 0.6) is 0 Å². The van der Waals surface area contributed by atoms with Crippen LogP contribution in [0.4, 0.5) is 11.4 Å². The molecule has 2 N–H and O–H groups in total. The zero-order valence-electron chi connectivity index (χ0n) is 16.5. The Morgan fingerprint density at radius 3 is 1.90 bits per heavy atom. The predicted molar refractivity (Wildman–Crippen MR) is 114 cm³/mol. The Kier molecular flexibility index (Phi) is 5.75. The SMILES string of the molecule is Cc1cc(C)c(NC(=O)c2ccc(C(=O)Nc3cccc(C#N)c3)cc2)c(C)c1. The maximum Gasteiger partial charge on any atom is 0.255 e. The van der Waals surface area contributed by atoms with E-state index < -0.39 is 0 Å². The van der Waals surface area contributed by atoms with Gasteiger partial charge in [0.2, 0.25) is 0 Å². The number of nitrogens with zero attached hydrogens (tertiary/aromatic N) is 1. The van der Waals surface area contributed by atoms with Crippen molar-refractivity contribution in [3.8, 4) is 6.07 Å². The van der Waals surface area contributed by atoms with Crippen LogP contribution in [0.1, 0.15) is 43.0 Å². The number of hydrogen-bond acceptors (Lipinski definition) is 3. The zero-order valence-corrected chi connectivity index (χ0v) is 16.5. The number of anilines is 2. The van der Waals surface area contributed by atoms with E-state index in [0.29, 0.717) is 22.4 Å². The molecule has 0 fully saturated rings. The second-order valence-corrected chi connectivity index (χ2v) is 6.95. The summed E-state index contributed by atoms with van der Waals surface area (Å²) in [4.78, 5) is 25.0. The minimum atomic E-state index is -0.308. The molecule has 0 aliphatic rings. The molecule has 0 heterocycles. The standard InChI is InChI=1S/C24H21N3O2/c1-15-11-16(2)22(17(3)12-15)27-24(29)20-9-7-19(8-10-20)23(28)26-21-6-4-5-18(13-21)14-25/h4-13H,1-3H3,(H,26,28)(H,27,29). The Morgan fingerprint density at radius 1 is 0.793 bits per heavy atom. The van der Waals surface area contributed by atoms with Gasteiger partial charge in [0.15, 0.2) is 0 Å². The lowest BCUT2D eigenvalue weighted by Gasteiger charge is -2.13. The van der Waals surface area contributed by atoms with Crippen LogP contribution < -0.4 is 10.6 Å². The first-order valence-corrected chi connectivity index (χ1v) is 9.18. The number of nitriles is 1. The molecule has 0 spiro atoms. The third-order valence-corrected chi connectivity index (χ3v) is 4.57. The van der Waals surface area contributed by atoms with Gasteiger partial charge in [-0.3, -0.25) is 9.59 Å². The van der Waals surface area contributed by atoms with Gasteiger partial charge in [-0.05, 0) is 74.4 Å². The van der Waals surface area contributed by atoms with Crippen molar-refractivity contribution >= 4 is 23.2 Å². The molecule has 0 unspecified atom stereocenters. The van der Waals surface area contributed by atoms with Crippen molar-refractivity contribution in [2.75, 3.05) is 10.6 Å². The van der Waals surface area contributed by atoms with Gasteiger partial charge in [-0.1, -0.05) is 23.8 Å². The van der Waals surface area contributed by atoms with Crippen molar-refractivity contribution < 1.29 is 9.59 Å². The summed E-state index contributed by atoms with van der Waals surface area (Å²) in [5.74, 6) is -0.536. The average Bonchev–Trinajstić information content (AvgIpc) is 2.70. The highest BCUT2D eigenvalue weighted by atomic mass is 16.2. The van der Waals surface area contributed by atoms with Gasteiger partial charge in [-0.15, -0.1) is 0 Å². The fraction of sp³-hybridized carbons (Fsp3) is 0.125. The van der Waals surface area contributed by atoms with Crippen LogP contribution in [0.2, 0.25) is 0 Å². The first-order chi connectivity index (χ1) is 13.9. The van der Waals surface area contributed by atoms with Gasteiger partial charge in [-0.2, -0.15) is 5.26 Å². The van der Waals surface area contributed by atoms with Crippen LogP contribution >= 0.6 is 0 Å². The van der Waals surface area contributed by atoms with E-state index in [1.54, 1.807) is 48.5 Å². The van der Waals surface area contributed by atoms with Gasteiger partial charge in [0.05, 0.1) is 11.6 Å². The average molecular weight is 383 g/mol. The lowest BCUT2D eigenvalue weighted by atomic mass is 10.0. The number of benzene rings is 3. The highest BCUT2D eigenvalue weighted by Crippen LogP contribution is 2.22. The van der Waals surface area contributed by atoms with Crippen LogP contribution in [0, 0.1) is 32.1 Å². The molecule has 0 saturated carbocycles. The van der Waals surface area contributed by atoms with Crippen molar-refractivity contribution in [2.45, 2.75) is 20.8 Å². The number of hydrogen-bond donors (Lipinski definition) is 2. The molecule has 0 aliphatic carbocycles. The predicted octanol–water partition coefficient (Wildman–Crippen LogP) is 4.99. The van der Waals surface area contributed by atoms with E-state index in [4.69, 9.17) is 5.26 Å². The summed E-state index contributed by atoms with van der Waals surface area (Å²) in [5, 5.41) is 14.7. The topological polar surface area (TPSA) is 82.0 Å². The lowest BCUT2D eigenvalue weighted by molar-refractivity contribution is 0.101. The first kappa shape index (κ1) is 19.8. The quantitative estimate of drug-likeness (QED) is 0.666. The number of carbonyl (C=O) groups is 2. The van der Waals surface area contributed by atoms with Gasteiger partial charge in [-0.25, -0.2) is 0 Å². The fourth-order valence-electron chi connectivity index (χ4n) is 3.21. The summed E-state index contributed by atoms with van der Waals surface area (Å²) in [6, 6.07) is 19.2. The highest BCUT2D eigenvalue weighted by molar-refractivity contribution is 6.07. The van der Waals surface area contributed by atoms with E-state index >= 15 is 0 Å². The monoisotopic (exact) mass is 383 g/mol. The summed E-state index contributed by atoms with van der Waals surface area (Å²) in [7, 11) is 0. The summed E-state index contributed by atoms with van der Waals surface area (Å²) >= 11 is 0. The van der Waals surface area contributed by atoms with Gasteiger partial charge >= 0.3 is 0 Å². The first-order valence-electron chi connectivity index (χ1n) is 9.18. The maximum atomic E-state index is 12.6. The number of nitrogens with one attached hydrogen (secondary N) is 2. The summed E-state index contributed by atoms with van der Waals surface area (Å²) in [5.41, 5.74) is 5.86. The van der Waals surface area contributed by atoms with Gasteiger partial charge in [0.1, 0.15) is 0 Å². The van der Waals surface area contributed by atoms with Crippen molar-refractivity contribution in [2.24, 2.45) is 0 Å². The van der Waals surface area contributed by atoms with Crippen LogP contribution in [0.25, 0.3) is 0 Å². The fourth-order valence-corrected chi connectivity index (χ4v) is 3.21. The largest absolute Gasteiger partial charge is 0.322 e. The third-order valence-electron chi connectivity index (χ3n) is 4.57. The van der Waals surface area contributed by atoms with E-state index in [9.17, 15) is 9.59 Å². The maximum absolute atomic E-state index is 12.6. The smallest absolute Gasteiger partial charge is 0.255 e. The molecule has 3 rings (SSSR count). The van der Waals surface area contributed by atoms with Crippen LogP contribution in [-0.4, -0.2) is 11.8 Å². The van der Waals surface area contributed by atoms with Gasteiger partial charge < -0.3 is 10.6 Å². The summed E-state index contributed by atoms with van der Waals surface area (Å²) in [6.07, 6.45) is 0. The molecule has 3 aromatic carbocycles. The molecule has 0 bridgehead atoms. The molecule has 144 valence electrons. The molecule has 3 aromatic rings. The molecule has 2 amide bonds. The Morgan fingerprint density at radius 2 is 1.34 bits per heavy atom. The second-order valence-electron chi connectivity index (χ2n) is 6.95. The Hall–Kier alpha value is -3.91. The Bertz CT molecular complexity index is 1100. The van der Waals surface area contributed by atoms with Crippen molar-refractivity contribution in [3.63, 3.8) is 0 Å². The molecule has 0 saturated heterocycles. The molecule has 0 atom stereocenters. The zero-order chi connectivity index (χ0) is 21.0. The molecule has 0 aromatic heterocycles. The third kappa shape index (κ3) is 4.69. The number of aryl methyl sites for hydroxylation is 3. The molecule has 0 radical (unpaired) electrons. The van der Waals surface area contributed by atoms with Crippen molar-refractivity contribution in [1.29, 1.82) is 5.26 Å². The van der Waals surface area contributed by atoms with Crippen LogP contribution in [-0.2, 0) is 0 Å². The van der Waals surface area contributed by atoms with Gasteiger partial charge in [0, 0.05) is 22.5 Å². The lowest BCUT2D eigenvalue weighted by Crippen LogP contribution is -2.15. The minimum absolute atomic E-state index is 0.228. The second kappa shape index (κ2) is 8.41. The minimum Gasteiger partial charge on any atom is -0.322 e. The van der Waals surface area contributed by atoms with E-state index in [2.05, 4.69) is 10.6 Å². The van der Waals surface area contributed by atoms with Crippen LogP contribution in [0.3, 0.4) is 0 Å². The van der Waals surface area contributed by atoms with E-state index in [1.165, 1.54) is 0 Å². The number of carbonyl (C=O) groups excluding carboxylic acids is 2. The molecule has 5 nitrogen and oxygen atoms in total.